The van der Waals surface area contributed by atoms with Crippen molar-refractivity contribution < 1.29 is 9.26 Å². The van der Waals surface area contributed by atoms with Crippen molar-refractivity contribution in [1.29, 1.82) is 0 Å². The number of hydrogen-bond acceptors (Lipinski definition) is 5. The van der Waals surface area contributed by atoms with E-state index in [1.54, 1.807) is 7.11 Å². The van der Waals surface area contributed by atoms with E-state index < -0.39 is 0 Å². The predicted molar refractivity (Wildman–Crippen MR) is 77.5 cm³/mol. The van der Waals surface area contributed by atoms with Crippen LogP contribution in [-0.4, -0.2) is 40.8 Å². The van der Waals surface area contributed by atoms with E-state index in [1.807, 2.05) is 0 Å². The normalized spacial score (nSPS) is 25.2. The van der Waals surface area contributed by atoms with Crippen LogP contribution in [0.2, 0.25) is 0 Å². The zero-order valence-corrected chi connectivity index (χ0v) is 13.1. The molecule has 20 heavy (non-hydrogen) atoms. The Morgan fingerprint density at radius 3 is 2.65 bits per heavy atom. The average molecular weight is 281 g/mol. The van der Waals surface area contributed by atoms with Crippen LogP contribution >= 0.6 is 0 Å². The molecule has 0 saturated carbocycles. The highest BCUT2D eigenvalue weighted by atomic mass is 16.5. The minimum Gasteiger partial charge on any atom is -0.385 e. The molecule has 5 nitrogen and oxygen atoms in total. The van der Waals surface area contributed by atoms with Gasteiger partial charge in [-0.05, 0) is 46.5 Å². The molecular weight excluding hydrogens is 254 g/mol. The first-order chi connectivity index (χ1) is 9.63. The lowest BCUT2D eigenvalue weighted by Crippen LogP contribution is -2.35. The van der Waals surface area contributed by atoms with Crippen molar-refractivity contribution in [3.63, 3.8) is 0 Å². The topological polar surface area (TPSA) is 51.4 Å². The van der Waals surface area contributed by atoms with Gasteiger partial charge in [-0.3, -0.25) is 4.90 Å². The highest BCUT2D eigenvalue weighted by Crippen LogP contribution is 2.32. The lowest BCUT2D eigenvalue weighted by Gasteiger charge is -2.30. The van der Waals surface area contributed by atoms with Gasteiger partial charge in [-0.15, -0.1) is 0 Å². The molecule has 0 aliphatic carbocycles. The molecule has 3 atom stereocenters. The molecule has 1 aromatic rings. The summed E-state index contributed by atoms with van der Waals surface area (Å²) in [4.78, 5) is 7.05. The number of nitrogens with zero attached hydrogens (tertiary/aromatic N) is 3. The summed E-state index contributed by atoms with van der Waals surface area (Å²) < 4.78 is 10.5. The van der Waals surface area contributed by atoms with E-state index in [4.69, 9.17) is 9.26 Å². The molecule has 1 fully saturated rings. The smallest absolute Gasteiger partial charge is 0.243 e. The van der Waals surface area contributed by atoms with Gasteiger partial charge in [0.2, 0.25) is 5.89 Å². The molecule has 0 bridgehead atoms. The number of aryl methyl sites for hydroxylation is 1. The predicted octanol–water partition coefficient (Wildman–Crippen LogP) is 2.97. The summed E-state index contributed by atoms with van der Waals surface area (Å²) in [5, 5.41) is 4.10. The van der Waals surface area contributed by atoms with Crippen molar-refractivity contribution in [2.45, 2.75) is 71.0 Å². The lowest BCUT2D eigenvalue weighted by molar-refractivity contribution is 0.128. The second kappa shape index (κ2) is 7.18. The summed E-state index contributed by atoms with van der Waals surface area (Å²) in [6.45, 7) is 7.52. The van der Waals surface area contributed by atoms with Gasteiger partial charge in [0.25, 0.3) is 0 Å². The molecule has 1 aromatic heterocycles. The zero-order valence-electron chi connectivity index (χ0n) is 13.1. The Hall–Kier alpha value is -0.940. The minimum absolute atomic E-state index is 0.211. The molecule has 2 rings (SSSR count). The van der Waals surface area contributed by atoms with Gasteiger partial charge in [-0.25, -0.2) is 0 Å². The van der Waals surface area contributed by atoms with E-state index in [9.17, 15) is 0 Å². The van der Waals surface area contributed by atoms with E-state index in [0.29, 0.717) is 12.1 Å². The Bertz CT molecular complexity index is 398. The Labute approximate surface area is 121 Å². The fraction of sp³-hybridized carbons (Fsp3) is 0.867. The fourth-order valence-corrected chi connectivity index (χ4v) is 3.17. The summed E-state index contributed by atoms with van der Waals surface area (Å²) in [6.07, 6.45) is 5.45. The van der Waals surface area contributed by atoms with Gasteiger partial charge >= 0.3 is 0 Å². The molecule has 3 unspecified atom stereocenters. The lowest BCUT2D eigenvalue weighted by atomic mass is 10.2. The first kappa shape index (κ1) is 15.4. The first-order valence-corrected chi connectivity index (χ1v) is 7.72. The first-order valence-electron chi connectivity index (χ1n) is 7.72. The molecule has 0 amide bonds. The molecule has 2 heterocycles. The summed E-state index contributed by atoms with van der Waals surface area (Å²) >= 11 is 0. The second-order valence-electron chi connectivity index (χ2n) is 5.90. The molecule has 0 radical (unpaired) electrons. The Kier molecular flexibility index (Phi) is 5.54. The van der Waals surface area contributed by atoms with Gasteiger partial charge in [-0.2, -0.15) is 4.98 Å². The monoisotopic (exact) mass is 281 g/mol. The Morgan fingerprint density at radius 2 is 2.00 bits per heavy atom. The fourth-order valence-electron chi connectivity index (χ4n) is 3.17. The van der Waals surface area contributed by atoms with Crippen LogP contribution in [0.5, 0.6) is 0 Å². The number of methoxy groups -OCH3 is 1. The SMILES string of the molecule is COCCCCc1noc(C(C)N2C(C)CCC2C)n1. The molecule has 0 aromatic carbocycles. The molecule has 114 valence electrons. The third-order valence-corrected chi connectivity index (χ3v) is 4.31. The van der Waals surface area contributed by atoms with Crippen LogP contribution in [-0.2, 0) is 11.2 Å². The van der Waals surface area contributed by atoms with Crippen molar-refractivity contribution in [3.05, 3.63) is 11.7 Å². The van der Waals surface area contributed by atoms with Crippen LogP contribution in [0.4, 0.5) is 0 Å². The van der Waals surface area contributed by atoms with Gasteiger partial charge in [0, 0.05) is 32.2 Å². The second-order valence-corrected chi connectivity index (χ2v) is 5.90. The molecular formula is C15H27N3O2. The van der Waals surface area contributed by atoms with Gasteiger partial charge in [0.1, 0.15) is 0 Å². The molecule has 0 spiro atoms. The molecule has 1 aliphatic heterocycles. The van der Waals surface area contributed by atoms with Gasteiger partial charge in [0.15, 0.2) is 5.82 Å². The van der Waals surface area contributed by atoms with E-state index in [1.165, 1.54) is 12.8 Å². The van der Waals surface area contributed by atoms with Crippen LogP contribution in [0.3, 0.4) is 0 Å². The molecule has 0 N–H and O–H groups in total. The number of rotatable bonds is 7. The summed E-state index contributed by atoms with van der Waals surface area (Å²) in [5.41, 5.74) is 0. The molecule has 5 heteroatoms. The highest BCUT2D eigenvalue weighted by molar-refractivity contribution is 4.97. The van der Waals surface area contributed by atoms with Crippen molar-refractivity contribution >= 4 is 0 Å². The number of hydrogen-bond donors (Lipinski definition) is 0. The molecule has 1 aliphatic rings. The minimum atomic E-state index is 0.211. The van der Waals surface area contributed by atoms with Crippen molar-refractivity contribution in [2.24, 2.45) is 0 Å². The van der Waals surface area contributed by atoms with Crippen LogP contribution in [0.1, 0.15) is 64.2 Å². The maximum absolute atomic E-state index is 5.46. The van der Waals surface area contributed by atoms with Crippen molar-refractivity contribution in [3.8, 4) is 0 Å². The summed E-state index contributed by atoms with van der Waals surface area (Å²) in [7, 11) is 1.73. The largest absolute Gasteiger partial charge is 0.385 e. The van der Waals surface area contributed by atoms with Gasteiger partial charge in [0.05, 0.1) is 6.04 Å². The van der Waals surface area contributed by atoms with E-state index >= 15 is 0 Å². The van der Waals surface area contributed by atoms with Crippen molar-refractivity contribution in [1.82, 2.24) is 15.0 Å². The van der Waals surface area contributed by atoms with E-state index in [2.05, 4.69) is 35.8 Å². The highest BCUT2D eigenvalue weighted by Gasteiger charge is 2.34. The number of ether oxygens (including phenoxy) is 1. The maximum Gasteiger partial charge on any atom is 0.243 e. The molecule has 1 saturated heterocycles. The van der Waals surface area contributed by atoms with Gasteiger partial charge < -0.3 is 9.26 Å². The zero-order chi connectivity index (χ0) is 14.5. The standard InChI is InChI=1S/C15H27N3O2/c1-11-8-9-12(2)18(11)13(3)15-16-14(17-20-15)7-5-6-10-19-4/h11-13H,5-10H2,1-4H3. The van der Waals surface area contributed by atoms with Crippen molar-refractivity contribution in [2.75, 3.05) is 13.7 Å². The van der Waals surface area contributed by atoms with Crippen LogP contribution in [0.15, 0.2) is 4.52 Å². The number of unbranched alkanes of at least 4 members (excludes halogenated alkanes) is 1. The average Bonchev–Trinajstić information content (AvgIpc) is 3.02. The third kappa shape index (κ3) is 3.58. The van der Waals surface area contributed by atoms with Crippen LogP contribution in [0, 0.1) is 0 Å². The third-order valence-electron chi connectivity index (χ3n) is 4.31. The van der Waals surface area contributed by atoms with Crippen LogP contribution in [0.25, 0.3) is 0 Å². The van der Waals surface area contributed by atoms with Gasteiger partial charge in [-0.1, -0.05) is 5.16 Å². The summed E-state index contributed by atoms with van der Waals surface area (Å²) in [5.74, 6) is 1.58. The Morgan fingerprint density at radius 1 is 1.30 bits per heavy atom. The number of aromatic nitrogens is 2. The summed E-state index contributed by atoms with van der Waals surface area (Å²) in [6, 6.07) is 1.40. The Balaban J connectivity index is 1.90. The van der Waals surface area contributed by atoms with E-state index in [0.717, 1.165) is 37.6 Å². The quantitative estimate of drug-likeness (QED) is 0.719. The van der Waals surface area contributed by atoms with E-state index in [-0.39, 0.29) is 6.04 Å². The van der Waals surface area contributed by atoms with Crippen LogP contribution < -0.4 is 0 Å². The maximum atomic E-state index is 5.46. The number of likely N-dealkylation sites (tertiary alicyclic amines) is 1.